The highest BCUT2D eigenvalue weighted by Crippen LogP contribution is 2.40. The molecule has 0 aromatic carbocycles. The summed E-state index contributed by atoms with van der Waals surface area (Å²) in [6, 6.07) is -1.19. The van der Waals surface area contributed by atoms with Crippen LogP contribution < -0.4 is 37.8 Å². The average Bonchev–Trinajstić information content (AvgIpc) is 3.61. The lowest BCUT2D eigenvalue weighted by Gasteiger charge is -2.49. The Balaban J connectivity index is 0.00000157. The summed E-state index contributed by atoms with van der Waals surface area (Å²) in [5, 5.41) is 42.6. The van der Waals surface area contributed by atoms with Gasteiger partial charge in [-0.2, -0.15) is 9.36 Å². The van der Waals surface area contributed by atoms with Crippen molar-refractivity contribution < 1.29 is 63.0 Å². The highest BCUT2D eigenvalue weighted by Gasteiger charge is 2.55. The van der Waals surface area contributed by atoms with E-state index in [2.05, 4.69) is 19.8 Å². The van der Waals surface area contributed by atoms with Crippen LogP contribution in [0.15, 0.2) is 22.6 Å². The number of carboxylic acids is 2. The van der Waals surface area contributed by atoms with E-state index >= 15 is 0 Å². The molecule has 0 unspecified atom stereocenters. The van der Waals surface area contributed by atoms with Gasteiger partial charge in [-0.15, -0.1) is 21.1 Å². The van der Waals surface area contributed by atoms with Gasteiger partial charge in [-0.05, 0) is 26.8 Å². The zero-order valence-electron chi connectivity index (χ0n) is 28.9. The second kappa shape index (κ2) is 17.1. The molecule has 4 rings (SSSR count). The molecule has 0 spiro atoms. The van der Waals surface area contributed by atoms with Crippen LogP contribution in [0.1, 0.15) is 27.5 Å². The van der Waals surface area contributed by atoms with Crippen molar-refractivity contribution in [3.63, 3.8) is 0 Å². The van der Waals surface area contributed by atoms with E-state index in [-0.39, 0.29) is 61.9 Å². The predicted octanol–water partition coefficient (Wildman–Crippen LogP) is -4.37. The van der Waals surface area contributed by atoms with Crippen LogP contribution in [-0.4, -0.2) is 130 Å². The molecule has 53 heavy (non-hydrogen) atoms. The van der Waals surface area contributed by atoms with Crippen LogP contribution in [0.3, 0.4) is 0 Å². The minimum atomic E-state index is -5.17. The fourth-order valence-corrected chi connectivity index (χ4v) is 6.54. The predicted molar refractivity (Wildman–Crippen MR) is 184 cm³/mol. The third-order valence-electron chi connectivity index (χ3n) is 7.24. The van der Waals surface area contributed by atoms with Gasteiger partial charge in [0.2, 0.25) is 23.3 Å². The summed E-state index contributed by atoms with van der Waals surface area (Å²) in [5.74, 6) is -4.72. The van der Waals surface area contributed by atoms with Gasteiger partial charge < -0.3 is 62.4 Å². The molecule has 1 fully saturated rings. The summed E-state index contributed by atoms with van der Waals surface area (Å²) >= 11 is 1.94. The quantitative estimate of drug-likeness (QED) is 0.0156. The molecule has 28 heteroatoms. The largest absolute Gasteiger partial charge is 1.00 e. The van der Waals surface area contributed by atoms with Gasteiger partial charge in [-0.3, -0.25) is 28.3 Å². The number of carbonyl (C=O) groups excluding carboxylic acids is 2. The number of aromatic nitrogens is 4. The number of nitrogens with one attached hydrogen (secondary N) is 2. The van der Waals surface area contributed by atoms with Crippen LogP contribution in [0.25, 0.3) is 0 Å². The summed E-state index contributed by atoms with van der Waals surface area (Å²) in [5.41, 5.74) is 21.5. The molecule has 2 aliphatic rings. The summed E-state index contributed by atoms with van der Waals surface area (Å²) in [4.78, 5) is 62.2. The topological polar surface area (TPSA) is 412 Å². The number of hydrogen-bond donors (Lipinski definition) is 9. The fourth-order valence-electron chi connectivity index (χ4n) is 4.77. The molecule has 0 bridgehead atoms. The Labute approximate surface area is 309 Å². The molecule has 2 atom stereocenters. The van der Waals surface area contributed by atoms with Crippen molar-refractivity contribution in [1.82, 2.24) is 24.3 Å². The maximum Gasteiger partial charge on any atom is 1.00 e. The van der Waals surface area contributed by atoms with E-state index in [1.54, 1.807) is 10.9 Å². The number of amides is 2. The zero-order chi connectivity index (χ0) is 40.0. The average molecular weight is 808 g/mol. The lowest BCUT2D eigenvalue weighted by molar-refractivity contribution is -0.767. The maximum absolute atomic E-state index is 13.4. The molecular weight excluding hydrogens is 771 g/mol. The maximum atomic E-state index is 13.4. The standard InChI is InChI=1S/C25H35N13O8S2.H2O4S/c1-25(2,22(44)45)46-33-13(17-32-24(30)48-34-17)18(40)31-14-19(41)38-15(21(42)43)11(10-47-20(14)38)8-35-9-12(16(27)37(35)6-7-39)36(23(28)29)5-3-4-26;1-5(2,3)4/h9,14,20,27,39H,3-8,10,26H2,1-2H3,(H8,28,29,30,31,32,34,40,42,43,44,45);(H2,1,2,3,4)/t14-,20-;/m1./s1. The number of aliphatic hydroxyl groups excluding tert-OH is 1. The number of anilines is 3. The smallest absolute Gasteiger partial charge is 0.759 e. The van der Waals surface area contributed by atoms with E-state index in [0.717, 1.165) is 16.4 Å². The molecule has 13 N–H and O–H groups in total. The van der Waals surface area contributed by atoms with Crippen LogP contribution in [-0.2, 0) is 47.5 Å². The molecule has 25 nitrogen and oxygen atoms in total. The summed E-state index contributed by atoms with van der Waals surface area (Å²) in [6.45, 7) is 2.71. The van der Waals surface area contributed by atoms with E-state index in [4.69, 9.17) is 50.7 Å². The Morgan fingerprint density at radius 2 is 1.94 bits per heavy atom. The van der Waals surface area contributed by atoms with Gasteiger partial charge in [-0.25, -0.2) is 9.59 Å². The number of hydrogen-bond acceptors (Lipinski definition) is 19. The van der Waals surface area contributed by atoms with E-state index in [0.29, 0.717) is 24.2 Å². The Morgan fingerprint density at radius 1 is 1.30 bits per heavy atom. The summed E-state index contributed by atoms with van der Waals surface area (Å²) in [7, 11) is -5.17. The van der Waals surface area contributed by atoms with Crippen LogP contribution in [0.5, 0.6) is 0 Å². The fraction of sp³-hybridized carbons (Fsp3) is 0.480. The molecule has 2 aromatic heterocycles. The lowest BCUT2D eigenvalue weighted by atomic mass is 10.0. The Morgan fingerprint density at radius 3 is 2.45 bits per heavy atom. The van der Waals surface area contributed by atoms with Gasteiger partial charge in [0.1, 0.15) is 23.7 Å². The Kier molecular flexibility index (Phi) is 13.7. The molecule has 2 amide bonds. The first-order chi connectivity index (χ1) is 24.6. The second-order valence-electron chi connectivity index (χ2n) is 11.4. The Bertz CT molecular complexity index is 1930. The number of carboxylic acid groups (broad SMARTS) is 2. The van der Waals surface area contributed by atoms with Crippen LogP contribution in [0.2, 0.25) is 0 Å². The van der Waals surface area contributed by atoms with Crippen molar-refractivity contribution in [3.8, 4) is 0 Å². The molecule has 2 aliphatic heterocycles. The first-order valence-electron chi connectivity index (χ1n) is 14.9. The zero-order valence-corrected chi connectivity index (χ0v) is 30.3. The number of β-lactam (4-membered cyclic amide) rings is 1. The van der Waals surface area contributed by atoms with Crippen LogP contribution in [0.4, 0.5) is 16.6 Å². The number of thioether (sulfide) groups is 1. The van der Waals surface area contributed by atoms with Crippen LogP contribution in [0, 0.1) is 5.41 Å². The molecular formula is C25H37N13O12S3. The van der Waals surface area contributed by atoms with Crippen molar-refractivity contribution in [2.45, 2.75) is 50.4 Å². The minimum Gasteiger partial charge on any atom is -0.759 e. The lowest BCUT2D eigenvalue weighted by Crippen LogP contribution is -2.71. The normalized spacial score (nSPS) is 17.3. The minimum absolute atomic E-state index is 0. The number of carbonyl (C=O) groups is 4. The summed E-state index contributed by atoms with van der Waals surface area (Å²) < 4.78 is 41.1. The number of nitrogens with zero attached hydrogens (tertiary/aromatic N) is 7. The van der Waals surface area contributed by atoms with Gasteiger partial charge in [0.05, 0.1) is 6.61 Å². The molecule has 0 saturated carbocycles. The molecule has 0 radical (unpaired) electrons. The number of fused-ring (bicyclic) bond motifs is 1. The molecule has 292 valence electrons. The van der Waals surface area contributed by atoms with E-state index in [1.165, 1.54) is 35.2 Å². The van der Waals surface area contributed by atoms with Crippen LogP contribution >= 0.6 is 23.3 Å². The second-order valence-corrected chi connectivity index (χ2v) is 14.1. The number of aliphatic hydroxyl groups is 1. The van der Waals surface area contributed by atoms with Crippen molar-refractivity contribution in [3.05, 3.63) is 23.3 Å². The highest BCUT2D eigenvalue weighted by atomic mass is 32.3. The van der Waals surface area contributed by atoms with Crippen molar-refractivity contribution in [2.24, 2.45) is 16.6 Å². The number of nitrogen functional groups attached to an aromatic ring is 2. The van der Waals surface area contributed by atoms with Gasteiger partial charge in [0.15, 0.2) is 29.1 Å². The van der Waals surface area contributed by atoms with Crippen molar-refractivity contribution in [1.29, 1.82) is 5.41 Å². The number of nitrogens with two attached hydrogens (primary N) is 4. The van der Waals surface area contributed by atoms with Gasteiger partial charge >= 0.3 is 13.4 Å². The van der Waals surface area contributed by atoms with Crippen molar-refractivity contribution in [2.75, 3.05) is 41.8 Å². The molecule has 1 saturated heterocycles. The third-order valence-corrected chi connectivity index (χ3v) is 9.12. The third kappa shape index (κ3) is 10.3. The number of rotatable bonds is 15. The monoisotopic (exact) mass is 807 g/mol. The molecule has 0 aliphatic carbocycles. The Hall–Kier alpha value is -5.13. The summed E-state index contributed by atoms with van der Waals surface area (Å²) in [6.07, 6.45) is 2.07. The van der Waals surface area contributed by atoms with Gasteiger partial charge in [0.25, 0.3) is 11.8 Å². The van der Waals surface area contributed by atoms with Gasteiger partial charge in [-0.1, -0.05) is 5.16 Å². The van der Waals surface area contributed by atoms with E-state index in [9.17, 15) is 34.5 Å². The molecule has 4 heterocycles. The number of aliphatic carboxylic acids is 2. The SMILES string of the molecule is CC(C)(ON=C(C(=O)N[C@@H]1C(=O)N2C(C(=O)O)=C(C[n+]3cc(N(CCCN)C(=N)N)c(N)n3CCO)CS[C@H]12)c1nsc(N)n1)C(=O)O.O=S(=O)([O-])[O-].[H+]. The first-order valence-corrected chi connectivity index (χ1v) is 18.1. The number of guanidine groups is 1. The van der Waals surface area contributed by atoms with Crippen molar-refractivity contribution >= 4 is 85.8 Å². The van der Waals surface area contributed by atoms with Gasteiger partial charge in [0, 0.05) is 39.8 Å². The molecule has 2 aromatic rings. The van der Waals surface area contributed by atoms with E-state index in [1.807, 2.05) is 0 Å². The first kappa shape index (κ1) is 42.3. The van der Waals surface area contributed by atoms with E-state index < -0.39 is 56.9 Å². The highest BCUT2D eigenvalue weighted by molar-refractivity contribution is 8.00. The number of oxime groups is 1.